The van der Waals surface area contributed by atoms with Gasteiger partial charge in [-0.05, 0) is 121 Å². The number of anilines is 4. The number of rotatable bonds is 5. The lowest BCUT2D eigenvalue weighted by Gasteiger charge is -2.09. The third-order valence-electron chi connectivity index (χ3n) is 5.57. The van der Waals surface area contributed by atoms with Gasteiger partial charge in [-0.15, -0.1) is 0 Å². The number of nitrogen functional groups attached to an aromatic ring is 2. The van der Waals surface area contributed by atoms with Crippen LogP contribution in [0.2, 0.25) is 0 Å². The van der Waals surface area contributed by atoms with Gasteiger partial charge in [0.25, 0.3) is 17.1 Å². The van der Waals surface area contributed by atoms with Crippen LogP contribution in [0.25, 0.3) is 0 Å². The molecule has 5 aromatic carbocycles. The summed E-state index contributed by atoms with van der Waals surface area (Å²) in [5, 5.41) is 4.78. The summed E-state index contributed by atoms with van der Waals surface area (Å²) in [7, 11) is 0. The Labute approximate surface area is 263 Å². The van der Waals surface area contributed by atoms with Gasteiger partial charge >= 0.3 is 0 Å². The molecule has 6 N–H and O–H groups in total. The average Bonchev–Trinajstić information content (AvgIpc) is 2.99. The normalized spacial score (nSPS) is 9.60. The molecule has 0 saturated carbocycles. The highest BCUT2D eigenvalue weighted by atomic mass is 35.5. The molecule has 5 rings (SSSR count). The summed E-state index contributed by atoms with van der Waals surface area (Å²) in [5.74, 6) is -2.01. The van der Waals surface area contributed by atoms with Crippen LogP contribution in [-0.2, 0) is 0 Å². The number of amides is 2. The number of hydrogen-bond donors (Lipinski definition) is 4. The van der Waals surface area contributed by atoms with E-state index < -0.39 is 28.7 Å². The Balaban J connectivity index is 0.000000303. The molecule has 7 nitrogen and oxygen atoms in total. The highest BCUT2D eigenvalue weighted by Crippen LogP contribution is 2.17. The van der Waals surface area contributed by atoms with E-state index in [2.05, 4.69) is 10.6 Å². The molecule has 0 unspecified atom stereocenters. The highest BCUT2D eigenvalue weighted by molar-refractivity contribution is 6.67. The van der Waals surface area contributed by atoms with Crippen molar-refractivity contribution in [3.63, 3.8) is 0 Å². The lowest BCUT2D eigenvalue weighted by atomic mass is 10.2. The Morgan fingerprint density at radius 3 is 1.16 bits per heavy atom. The fourth-order valence-electron chi connectivity index (χ4n) is 3.42. The maximum absolute atomic E-state index is 12.9. The van der Waals surface area contributed by atoms with Crippen molar-refractivity contribution >= 4 is 51.4 Å². The molecule has 0 heterocycles. The molecule has 0 spiro atoms. The van der Waals surface area contributed by atoms with Gasteiger partial charge in [-0.2, -0.15) is 0 Å². The molecule has 0 aromatic heterocycles. The van der Waals surface area contributed by atoms with Crippen molar-refractivity contribution in [3.05, 3.63) is 155 Å². The Morgan fingerprint density at radius 1 is 0.511 bits per heavy atom. The number of benzene rings is 5. The number of halogens is 4. The van der Waals surface area contributed by atoms with Crippen molar-refractivity contribution in [2.45, 2.75) is 7.43 Å². The molecular formula is C34H30ClF3N4O3. The first-order valence-electron chi connectivity index (χ1n) is 12.8. The minimum Gasteiger partial charge on any atom is -0.399 e. The van der Waals surface area contributed by atoms with Gasteiger partial charge < -0.3 is 22.1 Å². The van der Waals surface area contributed by atoms with Crippen molar-refractivity contribution in [1.29, 1.82) is 0 Å². The van der Waals surface area contributed by atoms with E-state index in [1.165, 1.54) is 72.8 Å². The van der Waals surface area contributed by atoms with Crippen LogP contribution in [0.15, 0.2) is 121 Å². The van der Waals surface area contributed by atoms with Crippen molar-refractivity contribution in [2.75, 3.05) is 22.1 Å². The molecule has 2 amide bonds. The number of nitrogens with one attached hydrogen (secondary N) is 2. The first-order chi connectivity index (χ1) is 21.0. The summed E-state index contributed by atoms with van der Waals surface area (Å²) in [5.41, 5.74) is 14.1. The summed E-state index contributed by atoms with van der Waals surface area (Å²) in [6.45, 7) is 0. The molecule has 232 valence electrons. The third-order valence-corrected chi connectivity index (χ3v) is 5.79. The van der Waals surface area contributed by atoms with Crippen LogP contribution in [0.4, 0.5) is 35.9 Å². The second-order valence-corrected chi connectivity index (χ2v) is 9.30. The molecule has 5 aromatic rings. The van der Waals surface area contributed by atoms with Crippen LogP contribution < -0.4 is 22.1 Å². The molecule has 0 radical (unpaired) electrons. The van der Waals surface area contributed by atoms with E-state index >= 15 is 0 Å². The summed E-state index contributed by atoms with van der Waals surface area (Å²) in [6.07, 6.45) is 0. The molecule has 0 atom stereocenters. The first kappa shape index (κ1) is 35.6. The molecule has 45 heavy (non-hydrogen) atoms. The number of carbonyl (C=O) groups is 3. The van der Waals surface area contributed by atoms with Gasteiger partial charge in [0.15, 0.2) is 0 Å². The lowest BCUT2D eigenvalue weighted by molar-refractivity contribution is 0.101. The molecule has 0 aliphatic carbocycles. The van der Waals surface area contributed by atoms with Crippen molar-refractivity contribution in [2.24, 2.45) is 0 Å². The van der Waals surface area contributed by atoms with E-state index in [1.54, 1.807) is 42.5 Å². The van der Waals surface area contributed by atoms with Gasteiger partial charge in [-0.25, -0.2) is 13.2 Å². The number of nitrogens with two attached hydrogens (primary N) is 2. The fraction of sp³-hybridized carbons (Fsp3) is 0.0294. The topological polar surface area (TPSA) is 127 Å². The van der Waals surface area contributed by atoms with Gasteiger partial charge in [0.1, 0.15) is 17.5 Å². The number of hydrogen-bond acceptors (Lipinski definition) is 5. The summed E-state index contributed by atoms with van der Waals surface area (Å²) >= 11 is 5.09. The Hall–Kier alpha value is -5.61. The van der Waals surface area contributed by atoms with Crippen LogP contribution in [0.5, 0.6) is 0 Å². The second kappa shape index (κ2) is 17.5. The molecule has 11 heteroatoms. The van der Waals surface area contributed by atoms with Gasteiger partial charge in [0.05, 0.1) is 0 Å². The zero-order chi connectivity index (χ0) is 32.1. The van der Waals surface area contributed by atoms with Crippen LogP contribution in [0.1, 0.15) is 38.5 Å². The molecule has 0 fully saturated rings. The van der Waals surface area contributed by atoms with E-state index in [1.807, 2.05) is 6.07 Å². The van der Waals surface area contributed by atoms with Gasteiger partial charge in [-0.3, -0.25) is 14.4 Å². The average molecular weight is 635 g/mol. The van der Waals surface area contributed by atoms with E-state index in [0.29, 0.717) is 39.4 Å². The summed E-state index contributed by atoms with van der Waals surface area (Å²) < 4.78 is 38.0. The van der Waals surface area contributed by atoms with E-state index in [-0.39, 0.29) is 13.2 Å². The third kappa shape index (κ3) is 12.3. The Bertz CT molecular complexity index is 1620. The molecule has 0 aliphatic heterocycles. The monoisotopic (exact) mass is 634 g/mol. The highest BCUT2D eigenvalue weighted by Gasteiger charge is 2.09. The largest absolute Gasteiger partial charge is 0.399 e. The van der Waals surface area contributed by atoms with Gasteiger partial charge in [0, 0.05) is 39.4 Å². The van der Waals surface area contributed by atoms with Gasteiger partial charge in [0.2, 0.25) is 0 Å². The Kier molecular flexibility index (Phi) is 13.8. The van der Waals surface area contributed by atoms with Crippen LogP contribution in [-0.4, -0.2) is 17.1 Å². The van der Waals surface area contributed by atoms with Crippen LogP contribution >= 0.6 is 11.6 Å². The lowest BCUT2D eigenvalue weighted by Crippen LogP contribution is -2.14. The van der Waals surface area contributed by atoms with Gasteiger partial charge in [-0.1, -0.05) is 19.6 Å². The maximum atomic E-state index is 12.9. The fourth-order valence-corrected chi connectivity index (χ4v) is 3.55. The molecule has 0 aliphatic rings. The minimum atomic E-state index is -0.569. The van der Waals surface area contributed by atoms with Crippen molar-refractivity contribution in [1.82, 2.24) is 0 Å². The second-order valence-electron chi connectivity index (χ2n) is 8.95. The molecular weight excluding hydrogens is 605 g/mol. The first-order valence-corrected chi connectivity index (χ1v) is 13.2. The smallest absolute Gasteiger partial charge is 0.255 e. The predicted octanol–water partition coefficient (Wildman–Crippen LogP) is 8.16. The number of carbonyl (C=O) groups excluding carboxylic acids is 3. The minimum absolute atomic E-state index is 0. The van der Waals surface area contributed by atoms with E-state index in [0.717, 1.165) is 0 Å². The summed E-state index contributed by atoms with van der Waals surface area (Å²) in [4.78, 5) is 34.7. The SMILES string of the molecule is C.Nc1cccc(N)c1.O=C(Cl)c1ccc(F)cc1.O=C(Nc1cccc(NC(=O)c2ccc(F)cc2)c1)c1ccc(F)cc1. The van der Waals surface area contributed by atoms with Crippen molar-refractivity contribution in [3.8, 4) is 0 Å². The Morgan fingerprint density at radius 2 is 0.844 bits per heavy atom. The predicted molar refractivity (Wildman–Crippen MR) is 174 cm³/mol. The molecule has 0 bridgehead atoms. The van der Waals surface area contributed by atoms with Crippen molar-refractivity contribution < 1.29 is 27.6 Å². The van der Waals surface area contributed by atoms with Crippen LogP contribution in [0, 0.1) is 17.5 Å². The quantitative estimate of drug-likeness (QED) is 0.115. The zero-order valence-electron chi connectivity index (χ0n) is 22.9. The summed E-state index contributed by atoms with van der Waals surface area (Å²) in [6, 6.07) is 29.1. The standard InChI is InChI=1S/C20H14F2N2O2.C7H4ClFO.C6H8N2.CH4/c21-15-8-4-13(5-9-15)19(25)23-17-2-1-3-18(12-17)24-20(26)14-6-10-16(22)11-7-14;8-7(10)5-1-3-6(9)4-2-5;7-5-2-1-3-6(8)4-5;/h1-12H,(H,23,25)(H,24,26);1-4H;1-4H,7-8H2;1H4. The maximum Gasteiger partial charge on any atom is 0.255 e. The van der Waals surface area contributed by atoms with E-state index in [4.69, 9.17) is 23.1 Å². The molecule has 0 saturated heterocycles. The zero-order valence-corrected chi connectivity index (χ0v) is 23.7. The van der Waals surface area contributed by atoms with E-state index in [9.17, 15) is 27.6 Å². The van der Waals surface area contributed by atoms with Crippen LogP contribution in [0.3, 0.4) is 0 Å².